The van der Waals surface area contributed by atoms with Gasteiger partial charge in [-0.2, -0.15) is 0 Å². The first-order valence-electron chi connectivity index (χ1n) is 7.31. The highest BCUT2D eigenvalue weighted by atomic mass is 19.1. The maximum atomic E-state index is 13.0. The fraction of sp³-hybridized carbons (Fsp3) is 0.333. The largest absolute Gasteiger partial charge is 0.366 e. The SMILES string of the molecule is CC(C)c1ccc(C(CN)N(C)c2ccc(F)cc2)cc1. The second-order valence-electron chi connectivity index (χ2n) is 5.66. The molecule has 0 saturated heterocycles. The summed E-state index contributed by atoms with van der Waals surface area (Å²) in [6.45, 7) is 4.87. The number of anilines is 1. The molecule has 0 aromatic heterocycles. The van der Waals surface area contributed by atoms with E-state index in [0.29, 0.717) is 12.5 Å². The molecular formula is C18H23FN2. The Morgan fingerprint density at radius 1 is 0.952 bits per heavy atom. The summed E-state index contributed by atoms with van der Waals surface area (Å²) in [5, 5.41) is 0. The lowest BCUT2D eigenvalue weighted by Crippen LogP contribution is -2.30. The van der Waals surface area contributed by atoms with Gasteiger partial charge in [-0.15, -0.1) is 0 Å². The van der Waals surface area contributed by atoms with Crippen LogP contribution < -0.4 is 10.6 Å². The molecule has 1 unspecified atom stereocenters. The van der Waals surface area contributed by atoms with E-state index in [9.17, 15) is 4.39 Å². The lowest BCUT2D eigenvalue weighted by molar-refractivity contribution is 0.626. The summed E-state index contributed by atoms with van der Waals surface area (Å²) >= 11 is 0. The van der Waals surface area contributed by atoms with E-state index in [0.717, 1.165) is 5.69 Å². The second-order valence-corrected chi connectivity index (χ2v) is 5.66. The first-order valence-corrected chi connectivity index (χ1v) is 7.31. The van der Waals surface area contributed by atoms with Crippen molar-refractivity contribution >= 4 is 5.69 Å². The zero-order valence-electron chi connectivity index (χ0n) is 12.9. The fourth-order valence-electron chi connectivity index (χ4n) is 2.48. The Balaban J connectivity index is 2.23. The summed E-state index contributed by atoms with van der Waals surface area (Å²) in [5.41, 5.74) is 9.41. The van der Waals surface area contributed by atoms with Crippen LogP contribution in [0.3, 0.4) is 0 Å². The minimum absolute atomic E-state index is 0.0803. The minimum atomic E-state index is -0.224. The molecule has 21 heavy (non-hydrogen) atoms. The predicted molar refractivity (Wildman–Crippen MR) is 87.1 cm³/mol. The van der Waals surface area contributed by atoms with E-state index in [1.54, 1.807) is 12.1 Å². The zero-order valence-corrected chi connectivity index (χ0v) is 12.9. The predicted octanol–water partition coefficient (Wildman–Crippen LogP) is 4.09. The van der Waals surface area contributed by atoms with Crippen molar-refractivity contribution in [3.8, 4) is 0 Å². The Labute approximate surface area is 126 Å². The van der Waals surface area contributed by atoms with Gasteiger partial charge < -0.3 is 10.6 Å². The summed E-state index contributed by atoms with van der Waals surface area (Å²) in [6.07, 6.45) is 0. The molecule has 0 saturated carbocycles. The van der Waals surface area contributed by atoms with Crippen molar-refractivity contribution in [3.05, 3.63) is 65.5 Å². The number of nitrogens with two attached hydrogens (primary N) is 1. The van der Waals surface area contributed by atoms with Gasteiger partial charge >= 0.3 is 0 Å². The number of rotatable bonds is 5. The van der Waals surface area contributed by atoms with E-state index < -0.39 is 0 Å². The third kappa shape index (κ3) is 3.61. The summed E-state index contributed by atoms with van der Waals surface area (Å²) in [7, 11) is 1.99. The van der Waals surface area contributed by atoms with Crippen LogP contribution in [-0.4, -0.2) is 13.6 Å². The van der Waals surface area contributed by atoms with Crippen LogP contribution in [0, 0.1) is 5.82 Å². The zero-order chi connectivity index (χ0) is 15.4. The molecule has 2 aromatic carbocycles. The molecule has 2 aromatic rings. The van der Waals surface area contributed by atoms with Crippen molar-refractivity contribution in [2.24, 2.45) is 5.73 Å². The second kappa shape index (κ2) is 6.72. The topological polar surface area (TPSA) is 29.3 Å². The van der Waals surface area contributed by atoms with E-state index in [1.165, 1.54) is 23.3 Å². The van der Waals surface area contributed by atoms with Crippen molar-refractivity contribution in [1.29, 1.82) is 0 Å². The molecule has 3 heteroatoms. The Bertz CT molecular complexity index is 561. The molecule has 0 bridgehead atoms. The van der Waals surface area contributed by atoms with Crippen LogP contribution in [0.2, 0.25) is 0 Å². The molecule has 2 N–H and O–H groups in total. The molecule has 0 aliphatic heterocycles. The lowest BCUT2D eigenvalue weighted by Gasteiger charge is -2.29. The molecule has 2 nitrogen and oxygen atoms in total. The first-order chi connectivity index (χ1) is 10.0. The van der Waals surface area contributed by atoms with Gasteiger partial charge in [0.15, 0.2) is 0 Å². The average Bonchev–Trinajstić information content (AvgIpc) is 2.49. The van der Waals surface area contributed by atoms with Crippen LogP contribution in [0.1, 0.15) is 36.9 Å². The van der Waals surface area contributed by atoms with Crippen molar-refractivity contribution in [2.75, 3.05) is 18.5 Å². The molecule has 0 heterocycles. The van der Waals surface area contributed by atoms with Crippen LogP contribution in [-0.2, 0) is 0 Å². The van der Waals surface area contributed by atoms with Gasteiger partial charge in [0.05, 0.1) is 6.04 Å². The number of likely N-dealkylation sites (N-methyl/N-ethyl adjacent to an activating group) is 1. The molecule has 2 rings (SSSR count). The number of hydrogen-bond acceptors (Lipinski definition) is 2. The number of hydrogen-bond donors (Lipinski definition) is 1. The molecule has 112 valence electrons. The Morgan fingerprint density at radius 3 is 1.95 bits per heavy atom. The summed E-state index contributed by atoms with van der Waals surface area (Å²) in [4.78, 5) is 2.09. The number of halogens is 1. The maximum absolute atomic E-state index is 13.0. The molecule has 0 spiro atoms. The maximum Gasteiger partial charge on any atom is 0.123 e. The van der Waals surface area contributed by atoms with Gasteiger partial charge in [-0.3, -0.25) is 0 Å². The van der Waals surface area contributed by atoms with Crippen molar-refractivity contribution in [2.45, 2.75) is 25.8 Å². The Kier molecular flexibility index (Phi) is 4.97. The van der Waals surface area contributed by atoms with E-state index in [-0.39, 0.29) is 11.9 Å². The highest BCUT2D eigenvalue weighted by Crippen LogP contribution is 2.26. The molecule has 0 radical (unpaired) electrons. The van der Waals surface area contributed by atoms with Crippen molar-refractivity contribution in [3.63, 3.8) is 0 Å². The van der Waals surface area contributed by atoms with Gasteiger partial charge in [-0.1, -0.05) is 38.1 Å². The molecule has 0 aliphatic rings. The summed E-state index contributed by atoms with van der Waals surface area (Å²) < 4.78 is 13.0. The molecule has 0 fully saturated rings. The summed E-state index contributed by atoms with van der Waals surface area (Å²) in [6, 6.07) is 15.2. The van der Waals surface area contributed by atoms with Crippen molar-refractivity contribution in [1.82, 2.24) is 0 Å². The van der Waals surface area contributed by atoms with Crippen LogP contribution >= 0.6 is 0 Å². The van der Waals surface area contributed by atoms with E-state index in [2.05, 4.69) is 43.0 Å². The van der Waals surface area contributed by atoms with E-state index >= 15 is 0 Å². The van der Waals surface area contributed by atoms with Gasteiger partial charge in [0.1, 0.15) is 5.82 Å². The quantitative estimate of drug-likeness (QED) is 0.897. The number of benzene rings is 2. The third-order valence-corrected chi connectivity index (χ3v) is 3.91. The highest BCUT2D eigenvalue weighted by molar-refractivity contribution is 5.48. The fourth-order valence-corrected chi connectivity index (χ4v) is 2.48. The normalized spacial score (nSPS) is 12.5. The van der Waals surface area contributed by atoms with Crippen LogP contribution in [0.25, 0.3) is 0 Å². The average molecular weight is 286 g/mol. The van der Waals surface area contributed by atoms with Crippen molar-refractivity contribution < 1.29 is 4.39 Å². The third-order valence-electron chi connectivity index (χ3n) is 3.91. The van der Waals surface area contributed by atoms with E-state index in [4.69, 9.17) is 5.73 Å². The Hall–Kier alpha value is -1.87. The molecule has 0 amide bonds. The smallest absolute Gasteiger partial charge is 0.123 e. The van der Waals surface area contributed by atoms with Gasteiger partial charge in [-0.05, 0) is 41.3 Å². The van der Waals surface area contributed by atoms with Crippen LogP contribution in [0.4, 0.5) is 10.1 Å². The minimum Gasteiger partial charge on any atom is -0.366 e. The Morgan fingerprint density at radius 2 is 1.48 bits per heavy atom. The molecule has 1 atom stereocenters. The van der Waals surface area contributed by atoms with Gasteiger partial charge in [0.2, 0.25) is 0 Å². The van der Waals surface area contributed by atoms with Crippen LogP contribution in [0.5, 0.6) is 0 Å². The van der Waals surface area contributed by atoms with E-state index in [1.807, 2.05) is 7.05 Å². The van der Waals surface area contributed by atoms with Gasteiger partial charge in [0.25, 0.3) is 0 Å². The van der Waals surface area contributed by atoms with Gasteiger partial charge in [-0.25, -0.2) is 4.39 Å². The monoisotopic (exact) mass is 286 g/mol. The standard InChI is InChI=1S/C18H23FN2/c1-13(2)14-4-6-15(7-5-14)18(12-20)21(3)17-10-8-16(19)9-11-17/h4-11,13,18H,12,20H2,1-3H3. The molecular weight excluding hydrogens is 263 g/mol. The number of nitrogens with zero attached hydrogens (tertiary/aromatic N) is 1. The van der Waals surface area contributed by atoms with Gasteiger partial charge in [0, 0.05) is 19.3 Å². The lowest BCUT2D eigenvalue weighted by atomic mass is 9.98. The summed E-state index contributed by atoms with van der Waals surface area (Å²) in [5.74, 6) is 0.294. The first kappa shape index (κ1) is 15.5. The molecule has 0 aliphatic carbocycles. The highest BCUT2D eigenvalue weighted by Gasteiger charge is 2.16. The van der Waals surface area contributed by atoms with Crippen LogP contribution in [0.15, 0.2) is 48.5 Å².